The lowest BCUT2D eigenvalue weighted by molar-refractivity contribution is -0.123. The molecule has 1 amide bonds. The van der Waals surface area contributed by atoms with Crippen LogP contribution >= 0.6 is 0 Å². The van der Waals surface area contributed by atoms with Gasteiger partial charge in [0.1, 0.15) is 5.75 Å². The van der Waals surface area contributed by atoms with Crippen LogP contribution in [0.5, 0.6) is 5.75 Å². The summed E-state index contributed by atoms with van der Waals surface area (Å²) in [6, 6.07) is 11.7. The van der Waals surface area contributed by atoms with E-state index in [0.29, 0.717) is 6.61 Å². The van der Waals surface area contributed by atoms with Gasteiger partial charge in [0, 0.05) is 21.9 Å². The zero-order valence-corrected chi connectivity index (χ0v) is 12.5. The maximum atomic E-state index is 12.1. The Hall–Kier alpha value is -2.03. The normalized spacial score (nSPS) is 11.4. The van der Waals surface area contributed by atoms with E-state index in [2.05, 4.69) is 5.32 Å². The van der Waals surface area contributed by atoms with Crippen molar-refractivity contribution in [1.29, 1.82) is 0 Å². The highest BCUT2D eigenvalue weighted by atomic mass is 16.5. The van der Waals surface area contributed by atoms with Crippen molar-refractivity contribution in [3.8, 4) is 5.75 Å². The molecule has 0 bridgehead atoms. The molecular formula is C17H21NO2. The topological polar surface area (TPSA) is 38.3 Å². The molecule has 0 aliphatic rings. The van der Waals surface area contributed by atoms with Crippen LogP contribution in [0.4, 0.5) is 5.69 Å². The van der Waals surface area contributed by atoms with Gasteiger partial charge in [-0.05, 0) is 19.1 Å². The van der Waals surface area contributed by atoms with Gasteiger partial charge < -0.3 is 10.1 Å². The van der Waals surface area contributed by atoms with E-state index in [9.17, 15) is 4.79 Å². The number of hydrogen-bond donors (Lipinski definition) is 1. The molecule has 1 N–H and O–H groups in total. The van der Waals surface area contributed by atoms with Crippen molar-refractivity contribution in [3.63, 3.8) is 0 Å². The molecule has 0 saturated heterocycles. The van der Waals surface area contributed by atoms with Crippen molar-refractivity contribution in [3.05, 3.63) is 36.4 Å². The number of nitrogens with one attached hydrogen (secondary N) is 1. The zero-order chi connectivity index (χ0) is 14.8. The van der Waals surface area contributed by atoms with Gasteiger partial charge in [-0.1, -0.05) is 45.0 Å². The quantitative estimate of drug-likeness (QED) is 0.907. The van der Waals surface area contributed by atoms with Gasteiger partial charge in [0.15, 0.2) is 0 Å². The summed E-state index contributed by atoms with van der Waals surface area (Å²) in [5, 5.41) is 5.01. The third kappa shape index (κ3) is 2.93. The lowest BCUT2D eigenvalue weighted by atomic mass is 9.95. The van der Waals surface area contributed by atoms with Crippen molar-refractivity contribution in [1.82, 2.24) is 0 Å². The number of amides is 1. The molecule has 0 saturated carbocycles. The van der Waals surface area contributed by atoms with E-state index in [1.165, 1.54) is 0 Å². The number of ether oxygens (including phenoxy) is 1. The Morgan fingerprint density at radius 2 is 1.75 bits per heavy atom. The first kappa shape index (κ1) is 14.4. The number of benzene rings is 2. The van der Waals surface area contributed by atoms with Gasteiger partial charge in [-0.15, -0.1) is 0 Å². The van der Waals surface area contributed by atoms with E-state index in [1.54, 1.807) is 0 Å². The van der Waals surface area contributed by atoms with Crippen LogP contribution in [0, 0.1) is 5.41 Å². The molecule has 2 rings (SSSR count). The summed E-state index contributed by atoms with van der Waals surface area (Å²) in [7, 11) is 0. The van der Waals surface area contributed by atoms with E-state index in [0.717, 1.165) is 22.2 Å². The van der Waals surface area contributed by atoms with Crippen LogP contribution in [-0.4, -0.2) is 12.5 Å². The number of anilines is 1. The number of fused-ring (bicyclic) bond motifs is 1. The Kier molecular flexibility index (Phi) is 3.98. The Balaban J connectivity index is 2.46. The van der Waals surface area contributed by atoms with Crippen molar-refractivity contribution < 1.29 is 9.53 Å². The molecule has 20 heavy (non-hydrogen) atoms. The number of rotatable bonds is 3. The monoisotopic (exact) mass is 271 g/mol. The fraction of sp³-hybridized carbons (Fsp3) is 0.353. The van der Waals surface area contributed by atoms with Crippen LogP contribution in [0.3, 0.4) is 0 Å². The Morgan fingerprint density at radius 3 is 2.35 bits per heavy atom. The van der Waals surface area contributed by atoms with Gasteiger partial charge in [0.25, 0.3) is 0 Å². The Morgan fingerprint density at radius 1 is 1.10 bits per heavy atom. The van der Waals surface area contributed by atoms with Gasteiger partial charge in [-0.3, -0.25) is 4.79 Å². The minimum atomic E-state index is -0.417. The summed E-state index contributed by atoms with van der Waals surface area (Å²) in [5.41, 5.74) is 0.406. The molecule has 0 unspecified atom stereocenters. The summed E-state index contributed by atoms with van der Waals surface area (Å²) < 4.78 is 5.63. The molecule has 0 aliphatic carbocycles. The molecule has 3 nitrogen and oxygen atoms in total. The van der Waals surface area contributed by atoms with Gasteiger partial charge in [0.2, 0.25) is 5.91 Å². The summed E-state index contributed by atoms with van der Waals surface area (Å²) in [4.78, 5) is 12.1. The molecular weight excluding hydrogens is 250 g/mol. The predicted molar refractivity (Wildman–Crippen MR) is 83.2 cm³/mol. The average Bonchev–Trinajstić information content (AvgIpc) is 2.40. The molecule has 3 heteroatoms. The second-order valence-electron chi connectivity index (χ2n) is 5.79. The number of carbonyl (C=O) groups is 1. The van der Waals surface area contributed by atoms with Gasteiger partial charge in [0.05, 0.1) is 6.61 Å². The lowest BCUT2D eigenvalue weighted by Gasteiger charge is -2.19. The Labute approximate surface area is 119 Å². The molecule has 0 radical (unpaired) electrons. The van der Waals surface area contributed by atoms with Crippen LogP contribution in [0.15, 0.2) is 36.4 Å². The van der Waals surface area contributed by atoms with Crippen LogP contribution in [0.2, 0.25) is 0 Å². The molecule has 0 fully saturated rings. The van der Waals surface area contributed by atoms with Gasteiger partial charge >= 0.3 is 0 Å². The average molecular weight is 271 g/mol. The minimum absolute atomic E-state index is 0.00631. The SMILES string of the molecule is CCOc1ccc(NC(=O)C(C)(C)C)c2ccccc12. The van der Waals surface area contributed by atoms with E-state index in [-0.39, 0.29) is 5.91 Å². The fourth-order valence-electron chi connectivity index (χ4n) is 1.97. The molecule has 0 spiro atoms. The van der Waals surface area contributed by atoms with E-state index in [4.69, 9.17) is 4.74 Å². The molecule has 106 valence electrons. The van der Waals surface area contributed by atoms with E-state index >= 15 is 0 Å². The van der Waals surface area contributed by atoms with Crippen molar-refractivity contribution in [2.75, 3.05) is 11.9 Å². The Bertz CT molecular complexity index is 626. The standard InChI is InChI=1S/C17H21NO2/c1-5-20-15-11-10-14(18-16(19)17(2,3)4)12-8-6-7-9-13(12)15/h6-11H,5H2,1-4H3,(H,18,19). The first-order chi connectivity index (χ1) is 9.43. The van der Waals surface area contributed by atoms with E-state index < -0.39 is 5.41 Å². The van der Waals surface area contributed by atoms with Crippen LogP contribution < -0.4 is 10.1 Å². The fourth-order valence-corrected chi connectivity index (χ4v) is 1.97. The maximum Gasteiger partial charge on any atom is 0.229 e. The molecule has 0 heterocycles. The highest BCUT2D eigenvalue weighted by Crippen LogP contribution is 2.32. The second kappa shape index (κ2) is 5.53. The van der Waals surface area contributed by atoms with Crippen LogP contribution in [0.1, 0.15) is 27.7 Å². The van der Waals surface area contributed by atoms with Gasteiger partial charge in [-0.2, -0.15) is 0 Å². The third-order valence-electron chi connectivity index (χ3n) is 3.11. The molecule has 0 atom stereocenters. The highest BCUT2D eigenvalue weighted by Gasteiger charge is 2.22. The zero-order valence-electron chi connectivity index (χ0n) is 12.5. The smallest absolute Gasteiger partial charge is 0.229 e. The first-order valence-electron chi connectivity index (χ1n) is 6.89. The molecule has 0 aliphatic heterocycles. The van der Waals surface area contributed by atoms with E-state index in [1.807, 2.05) is 64.1 Å². The summed E-state index contributed by atoms with van der Waals surface area (Å²) >= 11 is 0. The third-order valence-corrected chi connectivity index (χ3v) is 3.11. The maximum absolute atomic E-state index is 12.1. The highest BCUT2D eigenvalue weighted by molar-refractivity contribution is 6.05. The minimum Gasteiger partial charge on any atom is -0.493 e. The molecule has 0 aromatic heterocycles. The summed E-state index contributed by atoms with van der Waals surface area (Å²) in [6.45, 7) is 8.29. The van der Waals surface area contributed by atoms with Gasteiger partial charge in [-0.25, -0.2) is 0 Å². The van der Waals surface area contributed by atoms with Crippen LogP contribution in [-0.2, 0) is 4.79 Å². The summed E-state index contributed by atoms with van der Waals surface area (Å²) in [5.74, 6) is 0.851. The van der Waals surface area contributed by atoms with Crippen molar-refractivity contribution in [2.45, 2.75) is 27.7 Å². The molecule has 2 aromatic rings. The number of carbonyl (C=O) groups excluding carboxylic acids is 1. The van der Waals surface area contributed by atoms with Crippen LogP contribution in [0.25, 0.3) is 10.8 Å². The largest absolute Gasteiger partial charge is 0.493 e. The second-order valence-corrected chi connectivity index (χ2v) is 5.79. The van der Waals surface area contributed by atoms with Crippen molar-refractivity contribution in [2.24, 2.45) is 5.41 Å². The predicted octanol–water partition coefficient (Wildman–Crippen LogP) is 4.22. The first-order valence-corrected chi connectivity index (χ1v) is 6.89. The summed E-state index contributed by atoms with van der Waals surface area (Å²) in [6.07, 6.45) is 0. The number of hydrogen-bond acceptors (Lipinski definition) is 2. The molecule has 2 aromatic carbocycles. The lowest BCUT2D eigenvalue weighted by Crippen LogP contribution is -2.27. The van der Waals surface area contributed by atoms with Crippen molar-refractivity contribution >= 4 is 22.4 Å².